The number of allylic oxidation sites excluding steroid dienone is 1. The molecule has 5 nitrogen and oxygen atoms in total. The van der Waals surface area contributed by atoms with Crippen molar-refractivity contribution in [2.45, 2.75) is 13.5 Å². The number of rotatable bonds is 3. The Kier molecular flexibility index (Phi) is 3.06. The maximum absolute atomic E-state index is 12.0. The molecule has 2 rings (SSSR count). The van der Waals surface area contributed by atoms with Gasteiger partial charge in [0.25, 0.3) is 5.56 Å². The molecule has 0 radical (unpaired) electrons. The summed E-state index contributed by atoms with van der Waals surface area (Å²) in [5.41, 5.74) is 1.14. The van der Waals surface area contributed by atoms with Gasteiger partial charge in [0.15, 0.2) is 0 Å². The molecule has 0 aliphatic heterocycles. The molecule has 0 unspecified atom stereocenters. The van der Waals surface area contributed by atoms with E-state index in [-0.39, 0.29) is 12.1 Å². The zero-order chi connectivity index (χ0) is 12.4. The minimum Gasteiger partial charge on any atom is -0.478 e. The van der Waals surface area contributed by atoms with Gasteiger partial charge in [0, 0.05) is 12.6 Å². The Morgan fingerprint density at radius 1 is 1.65 bits per heavy atom. The number of aromatic nitrogens is 2. The minimum atomic E-state index is -1.01. The first-order chi connectivity index (χ1) is 8.08. The number of carboxylic acid groups (broad SMARTS) is 1. The molecule has 0 aliphatic carbocycles. The van der Waals surface area contributed by atoms with Crippen LogP contribution in [0.2, 0.25) is 0 Å². The van der Waals surface area contributed by atoms with Gasteiger partial charge < -0.3 is 5.11 Å². The smallest absolute Gasteiger partial charge is 0.328 e. The Morgan fingerprint density at radius 2 is 2.41 bits per heavy atom. The summed E-state index contributed by atoms with van der Waals surface area (Å²) in [5, 5.41) is 10.4. The third-order valence-corrected chi connectivity index (χ3v) is 3.12. The topological polar surface area (TPSA) is 72.2 Å². The van der Waals surface area contributed by atoms with Crippen molar-refractivity contribution in [3.8, 4) is 0 Å². The summed E-state index contributed by atoms with van der Waals surface area (Å²) in [6, 6.07) is 1.78. The third kappa shape index (κ3) is 2.42. The molecule has 0 amide bonds. The maximum atomic E-state index is 12.0. The fourth-order valence-corrected chi connectivity index (χ4v) is 2.31. The van der Waals surface area contributed by atoms with Crippen LogP contribution >= 0.6 is 11.3 Å². The lowest BCUT2D eigenvalue weighted by Gasteiger charge is -2.04. The molecule has 6 heteroatoms. The average molecular weight is 250 g/mol. The van der Waals surface area contributed by atoms with Crippen LogP contribution in [-0.2, 0) is 11.3 Å². The lowest BCUT2D eigenvalue weighted by molar-refractivity contribution is -0.131. The summed E-state index contributed by atoms with van der Waals surface area (Å²) in [7, 11) is 0. The summed E-state index contributed by atoms with van der Waals surface area (Å²) in [6.07, 6.45) is 2.53. The van der Waals surface area contributed by atoms with E-state index in [4.69, 9.17) is 5.11 Å². The van der Waals surface area contributed by atoms with E-state index in [2.05, 4.69) is 4.98 Å². The van der Waals surface area contributed by atoms with Gasteiger partial charge in [-0.3, -0.25) is 9.36 Å². The first-order valence-corrected chi connectivity index (χ1v) is 5.78. The van der Waals surface area contributed by atoms with Crippen molar-refractivity contribution in [3.63, 3.8) is 0 Å². The van der Waals surface area contributed by atoms with Crippen molar-refractivity contribution in [2.75, 3.05) is 0 Å². The monoisotopic (exact) mass is 250 g/mol. The normalized spacial score (nSPS) is 11.9. The van der Waals surface area contributed by atoms with E-state index in [0.717, 1.165) is 6.08 Å². The number of hydrogen-bond donors (Lipinski definition) is 1. The predicted octanol–water partition coefficient (Wildman–Crippen LogP) is 1.49. The van der Waals surface area contributed by atoms with Crippen LogP contribution in [0.3, 0.4) is 0 Å². The summed E-state index contributed by atoms with van der Waals surface area (Å²) < 4.78 is 2.00. The fourth-order valence-electron chi connectivity index (χ4n) is 1.52. The summed E-state index contributed by atoms with van der Waals surface area (Å²) in [5.74, 6) is -1.01. The second-order valence-electron chi connectivity index (χ2n) is 3.64. The molecule has 88 valence electrons. The first-order valence-electron chi connectivity index (χ1n) is 4.90. The van der Waals surface area contributed by atoms with Crippen molar-refractivity contribution < 1.29 is 9.90 Å². The van der Waals surface area contributed by atoms with Crippen LogP contribution in [-0.4, -0.2) is 20.6 Å². The molecule has 2 aromatic heterocycles. The molecule has 0 saturated carbocycles. The molecule has 0 fully saturated rings. The number of carbonyl (C=O) groups is 1. The van der Waals surface area contributed by atoms with Crippen molar-refractivity contribution in [1.82, 2.24) is 9.55 Å². The van der Waals surface area contributed by atoms with Crippen LogP contribution in [0.25, 0.3) is 10.2 Å². The Labute approximate surface area is 101 Å². The molecule has 2 aromatic rings. The fraction of sp³-hybridized carbons (Fsp3) is 0.182. The van der Waals surface area contributed by atoms with Crippen LogP contribution in [0.15, 0.2) is 34.2 Å². The van der Waals surface area contributed by atoms with E-state index in [0.29, 0.717) is 15.8 Å². The van der Waals surface area contributed by atoms with Crippen LogP contribution in [0.4, 0.5) is 0 Å². The molecule has 17 heavy (non-hydrogen) atoms. The summed E-state index contributed by atoms with van der Waals surface area (Å²) in [6.45, 7) is 1.91. The third-order valence-electron chi connectivity index (χ3n) is 2.23. The van der Waals surface area contributed by atoms with Crippen LogP contribution in [0, 0.1) is 0 Å². The number of hydrogen-bond acceptors (Lipinski definition) is 4. The lowest BCUT2D eigenvalue weighted by atomic mass is 10.3. The van der Waals surface area contributed by atoms with Gasteiger partial charge in [0.2, 0.25) is 0 Å². The highest BCUT2D eigenvalue weighted by atomic mass is 32.1. The number of nitrogens with zero attached hydrogens (tertiary/aromatic N) is 2. The van der Waals surface area contributed by atoms with Crippen molar-refractivity contribution in [3.05, 3.63) is 39.8 Å². The standard InChI is InChI=1S/C11H10N2O3S/c1-7(4-9(14)15)5-13-6-12-8-2-3-17-10(8)11(13)16/h2-4,6H,5H2,1H3,(H,14,15). The quantitative estimate of drug-likeness (QED) is 0.838. The number of carboxylic acids is 1. The summed E-state index contributed by atoms with van der Waals surface area (Å²) >= 11 is 1.34. The molecule has 1 N–H and O–H groups in total. The Hall–Kier alpha value is -1.95. The predicted molar refractivity (Wildman–Crippen MR) is 65.3 cm³/mol. The Balaban J connectivity index is 2.40. The van der Waals surface area contributed by atoms with Gasteiger partial charge in [-0.1, -0.05) is 0 Å². The number of fused-ring (bicyclic) bond motifs is 1. The van der Waals surface area contributed by atoms with Crippen molar-refractivity contribution >= 4 is 27.5 Å². The largest absolute Gasteiger partial charge is 0.478 e. The van der Waals surface area contributed by atoms with Crippen LogP contribution < -0.4 is 5.56 Å². The molecule has 0 aliphatic rings. The molecule has 0 bridgehead atoms. The van der Waals surface area contributed by atoms with Crippen molar-refractivity contribution in [2.24, 2.45) is 0 Å². The average Bonchev–Trinajstić information content (AvgIpc) is 2.69. The first kappa shape index (κ1) is 11.5. The van der Waals surface area contributed by atoms with Gasteiger partial charge in [0.1, 0.15) is 4.70 Å². The summed E-state index contributed by atoms with van der Waals surface area (Å²) in [4.78, 5) is 26.6. The highest BCUT2D eigenvalue weighted by Gasteiger charge is 2.05. The van der Waals surface area contributed by atoms with Crippen LogP contribution in [0.5, 0.6) is 0 Å². The Morgan fingerprint density at radius 3 is 3.12 bits per heavy atom. The SMILES string of the molecule is CC(=CC(=O)O)Cn1cnc2ccsc2c1=O. The minimum absolute atomic E-state index is 0.136. The zero-order valence-electron chi connectivity index (χ0n) is 9.08. The van der Waals surface area contributed by atoms with E-state index < -0.39 is 5.97 Å². The van der Waals surface area contributed by atoms with Gasteiger partial charge in [0.05, 0.1) is 11.8 Å². The molecule has 2 heterocycles. The molecular formula is C11H10N2O3S. The van der Waals surface area contributed by atoms with E-state index in [1.807, 2.05) is 5.38 Å². The number of thiophene rings is 1. The van der Waals surface area contributed by atoms with E-state index in [9.17, 15) is 9.59 Å². The molecule has 0 spiro atoms. The zero-order valence-corrected chi connectivity index (χ0v) is 9.90. The van der Waals surface area contributed by atoms with Gasteiger partial charge >= 0.3 is 5.97 Å². The van der Waals surface area contributed by atoms with Gasteiger partial charge in [-0.15, -0.1) is 11.3 Å². The highest BCUT2D eigenvalue weighted by molar-refractivity contribution is 7.17. The van der Waals surface area contributed by atoms with Crippen LogP contribution in [0.1, 0.15) is 6.92 Å². The molecule has 0 aromatic carbocycles. The Bertz CT molecular complexity index is 654. The molecular weight excluding hydrogens is 240 g/mol. The second kappa shape index (κ2) is 4.50. The maximum Gasteiger partial charge on any atom is 0.328 e. The van der Waals surface area contributed by atoms with Crippen molar-refractivity contribution in [1.29, 1.82) is 0 Å². The van der Waals surface area contributed by atoms with E-state index in [1.54, 1.807) is 13.0 Å². The van der Waals surface area contributed by atoms with Gasteiger partial charge in [-0.25, -0.2) is 9.78 Å². The lowest BCUT2D eigenvalue weighted by Crippen LogP contribution is -2.20. The number of aliphatic carboxylic acids is 1. The van der Waals surface area contributed by atoms with E-state index in [1.165, 1.54) is 22.2 Å². The van der Waals surface area contributed by atoms with E-state index >= 15 is 0 Å². The molecule has 0 atom stereocenters. The van der Waals surface area contributed by atoms with Gasteiger partial charge in [-0.05, 0) is 23.9 Å². The highest BCUT2D eigenvalue weighted by Crippen LogP contribution is 2.13. The van der Waals surface area contributed by atoms with Gasteiger partial charge in [-0.2, -0.15) is 0 Å². The second-order valence-corrected chi connectivity index (χ2v) is 4.56. The molecule has 0 saturated heterocycles.